The highest BCUT2D eigenvalue weighted by Crippen LogP contribution is 2.41. The fourth-order valence-electron chi connectivity index (χ4n) is 2.91. The van der Waals surface area contributed by atoms with Crippen LogP contribution in [0.15, 0.2) is 12.1 Å². The van der Waals surface area contributed by atoms with Gasteiger partial charge in [0.15, 0.2) is 0 Å². The molecule has 1 aliphatic heterocycles. The molecule has 1 heterocycles. The lowest BCUT2D eigenvalue weighted by Gasteiger charge is -2.31. The highest BCUT2D eigenvalue weighted by Gasteiger charge is 2.23. The van der Waals surface area contributed by atoms with Gasteiger partial charge in [0.25, 0.3) is 0 Å². The first-order valence-electron chi connectivity index (χ1n) is 7.64. The van der Waals surface area contributed by atoms with E-state index in [1.165, 1.54) is 18.4 Å². The summed E-state index contributed by atoms with van der Waals surface area (Å²) in [5, 5.41) is 3.36. The number of nitrogens with one attached hydrogen (secondary N) is 1. The maximum absolute atomic E-state index is 6.11. The number of hydrogen-bond donors (Lipinski definition) is 2. The zero-order chi connectivity index (χ0) is 14.5. The normalized spacial score (nSPS) is 17.1. The summed E-state index contributed by atoms with van der Waals surface area (Å²) >= 11 is 0. The summed E-state index contributed by atoms with van der Waals surface area (Å²) in [7, 11) is 2.19. The molecule has 0 aliphatic carbocycles. The second-order valence-corrected chi connectivity index (χ2v) is 5.49. The van der Waals surface area contributed by atoms with Gasteiger partial charge in [-0.1, -0.05) is 6.07 Å². The van der Waals surface area contributed by atoms with E-state index >= 15 is 0 Å². The van der Waals surface area contributed by atoms with Crippen LogP contribution in [0.25, 0.3) is 0 Å². The van der Waals surface area contributed by atoms with E-state index in [4.69, 9.17) is 10.5 Å². The van der Waals surface area contributed by atoms with Gasteiger partial charge in [-0.15, -0.1) is 0 Å². The molecule has 4 heteroatoms. The number of hydrogen-bond acceptors (Lipinski definition) is 4. The molecule has 0 aromatic heterocycles. The molecule has 4 nitrogen and oxygen atoms in total. The smallest absolute Gasteiger partial charge is 0.147 e. The van der Waals surface area contributed by atoms with E-state index < -0.39 is 0 Å². The number of benzene rings is 1. The Morgan fingerprint density at radius 3 is 2.60 bits per heavy atom. The predicted octanol–water partition coefficient (Wildman–Crippen LogP) is 2.91. The van der Waals surface area contributed by atoms with Crippen molar-refractivity contribution in [3.63, 3.8) is 0 Å². The third-order valence-electron chi connectivity index (χ3n) is 4.02. The molecule has 20 heavy (non-hydrogen) atoms. The zero-order valence-corrected chi connectivity index (χ0v) is 12.9. The number of nitrogen functional groups attached to an aromatic ring is 1. The summed E-state index contributed by atoms with van der Waals surface area (Å²) in [5.41, 5.74) is 9.15. The lowest BCUT2D eigenvalue weighted by atomic mass is 9.88. The van der Waals surface area contributed by atoms with Gasteiger partial charge in [-0.2, -0.15) is 0 Å². The van der Waals surface area contributed by atoms with Gasteiger partial charge in [-0.25, -0.2) is 0 Å². The van der Waals surface area contributed by atoms with Crippen LogP contribution in [-0.2, 0) is 0 Å². The number of rotatable bonds is 5. The highest BCUT2D eigenvalue weighted by molar-refractivity contribution is 5.76. The van der Waals surface area contributed by atoms with Crippen LogP contribution in [0, 0.1) is 0 Å². The number of piperidine rings is 1. The minimum absolute atomic E-state index is 0.575. The summed E-state index contributed by atoms with van der Waals surface area (Å²) in [5.74, 6) is 1.54. The van der Waals surface area contributed by atoms with Crippen molar-refractivity contribution in [2.75, 3.05) is 44.3 Å². The third kappa shape index (κ3) is 3.18. The van der Waals surface area contributed by atoms with Crippen molar-refractivity contribution in [2.24, 2.45) is 0 Å². The molecule has 1 aromatic carbocycles. The molecule has 1 aliphatic rings. The lowest BCUT2D eigenvalue weighted by molar-refractivity contribution is 0.250. The van der Waals surface area contributed by atoms with Crippen molar-refractivity contribution >= 4 is 11.4 Å². The van der Waals surface area contributed by atoms with Gasteiger partial charge in [0.1, 0.15) is 11.4 Å². The minimum Gasteiger partial charge on any atom is -0.491 e. The van der Waals surface area contributed by atoms with Crippen LogP contribution in [0.3, 0.4) is 0 Å². The molecule has 0 radical (unpaired) electrons. The first-order chi connectivity index (χ1) is 9.67. The van der Waals surface area contributed by atoms with Crippen molar-refractivity contribution in [1.29, 1.82) is 0 Å². The van der Waals surface area contributed by atoms with Gasteiger partial charge in [-0.3, -0.25) is 0 Å². The van der Waals surface area contributed by atoms with E-state index in [0.717, 1.165) is 36.8 Å². The molecule has 112 valence electrons. The average molecular weight is 277 g/mol. The van der Waals surface area contributed by atoms with Crippen molar-refractivity contribution in [1.82, 2.24) is 4.90 Å². The maximum Gasteiger partial charge on any atom is 0.147 e. The zero-order valence-electron chi connectivity index (χ0n) is 12.9. The van der Waals surface area contributed by atoms with Crippen LogP contribution >= 0.6 is 0 Å². The van der Waals surface area contributed by atoms with Crippen LogP contribution in [0.5, 0.6) is 5.75 Å². The van der Waals surface area contributed by atoms with E-state index in [1.807, 2.05) is 13.0 Å². The van der Waals surface area contributed by atoms with Crippen LogP contribution in [0.2, 0.25) is 0 Å². The quantitative estimate of drug-likeness (QED) is 0.813. The van der Waals surface area contributed by atoms with Gasteiger partial charge in [0, 0.05) is 6.54 Å². The molecule has 0 unspecified atom stereocenters. The molecule has 0 amide bonds. The third-order valence-corrected chi connectivity index (χ3v) is 4.02. The number of nitrogens with zero attached hydrogens (tertiary/aromatic N) is 1. The van der Waals surface area contributed by atoms with Crippen LogP contribution in [-0.4, -0.2) is 38.2 Å². The van der Waals surface area contributed by atoms with E-state index in [2.05, 4.69) is 30.3 Å². The van der Waals surface area contributed by atoms with Gasteiger partial charge in [0.05, 0.1) is 12.3 Å². The van der Waals surface area contributed by atoms with E-state index in [-0.39, 0.29) is 0 Å². The van der Waals surface area contributed by atoms with E-state index in [1.54, 1.807) is 0 Å². The molecular weight excluding hydrogens is 250 g/mol. The second-order valence-electron chi connectivity index (χ2n) is 5.49. The molecule has 1 saturated heterocycles. The van der Waals surface area contributed by atoms with Crippen molar-refractivity contribution < 1.29 is 4.74 Å². The van der Waals surface area contributed by atoms with Crippen LogP contribution in [0.4, 0.5) is 11.4 Å². The summed E-state index contributed by atoms with van der Waals surface area (Å²) in [4.78, 5) is 2.39. The molecule has 0 bridgehead atoms. The fourth-order valence-corrected chi connectivity index (χ4v) is 2.91. The Bertz CT molecular complexity index is 440. The first kappa shape index (κ1) is 15.0. The average Bonchev–Trinajstić information content (AvgIpc) is 2.44. The maximum atomic E-state index is 6.11. The van der Waals surface area contributed by atoms with Crippen molar-refractivity contribution in [2.45, 2.75) is 32.6 Å². The summed E-state index contributed by atoms with van der Waals surface area (Å²) in [6.45, 7) is 7.92. The summed E-state index contributed by atoms with van der Waals surface area (Å²) in [6.07, 6.45) is 2.37. The number of anilines is 2. The van der Waals surface area contributed by atoms with E-state index in [9.17, 15) is 0 Å². The molecular formula is C16H27N3O. The molecule has 1 fully saturated rings. The topological polar surface area (TPSA) is 50.5 Å². The molecule has 0 spiro atoms. The Balaban J connectivity index is 2.33. The lowest BCUT2D eigenvalue weighted by Crippen LogP contribution is -2.29. The molecule has 0 saturated carbocycles. The van der Waals surface area contributed by atoms with Crippen molar-refractivity contribution in [3.05, 3.63) is 17.7 Å². The Morgan fingerprint density at radius 1 is 1.30 bits per heavy atom. The monoisotopic (exact) mass is 277 g/mol. The minimum atomic E-state index is 0.575. The van der Waals surface area contributed by atoms with Gasteiger partial charge < -0.3 is 20.7 Å². The van der Waals surface area contributed by atoms with E-state index in [0.29, 0.717) is 12.5 Å². The van der Waals surface area contributed by atoms with Crippen LogP contribution in [0.1, 0.15) is 38.2 Å². The SMILES string of the molecule is CCNc1c(N)ccc(C2CCN(C)CC2)c1OCC. The summed E-state index contributed by atoms with van der Waals surface area (Å²) < 4.78 is 5.93. The standard InChI is InChI=1S/C16H27N3O/c1-4-18-15-14(17)7-6-13(16(15)20-5-2)12-8-10-19(3)11-9-12/h6-7,12,18H,4-5,8-11,17H2,1-3H3. The Hall–Kier alpha value is -1.42. The largest absolute Gasteiger partial charge is 0.491 e. The number of likely N-dealkylation sites (tertiary alicyclic amines) is 1. The highest BCUT2D eigenvalue weighted by atomic mass is 16.5. The van der Waals surface area contributed by atoms with Gasteiger partial charge in [0.2, 0.25) is 0 Å². The number of nitrogens with two attached hydrogens (primary N) is 1. The Kier molecular flexibility index (Phi) is 5.12. The first-order valence-corrected chi connectivity index (χ1v) is 7.64. The number of ether oxygens (including phenoxy) is 1. The van der Waals surface area contributed by atoms with Crippen molar-refractivity contribution in [3.8, 4) is 5.75 Å². The second kappa shape index (κ2) is 6.84. The Labute approximate surface area is 122 Å². The molecule has 3 N–H and O–H groups in total. The fraction of sp³-hybridized carbons (Fsp3) is 0.625. The van der Waals surface area contributed by atoms with Gasteiger partial charge in [-0.05, 0) is 64.4 Å². The van der Waals surface area contributed by atoms with Crippen LogP contribution < -0.4 is 15.8 Å². The molecule has 1 aromatic rings. The van der Waals surface area contributed by atoms with Gasteiger partial charge >= 0.3 is 0 Å². The molecule has 2 rings (SSSR count). The molecule has 0 atom stereocenters. The summed E-state index contributed by atoms with van der Waals surface area (Å²) in [6, 6.07) is 4.16. The Morgan fingerprint density at radius 2 is 2.00 bits per heavy atom. The predicted molar refractivity (Wildman–Crippen MR) is 85.7 cm³/mol.